The highest BCUT2D eigenvalue weighted by atomic mass is 16.5. The molecule has 4 heteroatoms. The minimum absolute atomic E-state index is 0.290. The maximum Gasteiger partial charge on any atom is 0.165 e. The van der Waals surface area contributed by atoms with Crippen LogP contribution in [-0.2, 0) is 13.1 Å². The van der Waals surface area contributed by atoms with Crippen molar-refractivity contribution in [3.63, 3.8) is 0 Å². The molecule has 3 rings (SSSR count). The number of ether oxygens (including phenoxy) is 2. The van der Waals surface area contributed by atoms with Crippen LogP contribution in [-0.4, -0.2) is 18.3 Å². The van der Waals surface area contributed by atoms with Gasteiger partial charge in [0.25, 0.3) is 0 Å². The predicted octanol–water partition coefficient (Wildman–Crippen LogP) is 2.84. The standard InChI is InChI=1S/C17H19NO3/c19-15-7-5-13(6-8-15)11-18-12-14-3-1-4-16-17(14)21-10-2-9-20-16/h1,3-8,18-19H,2,9-12H2. The Balaban J connectivity index is 1.64. The van der Waals surface area contributed by atoms with Crippen molar-refractivity contribution in [3.05, 3.63) is 53.6 Å². The second-order valence-corrected chi connectivity index (χ2v) is 5.06. The van der Waals surface area contributed by atoms with E-state index in [1.165, 1.54) is 0 Å². The molecule has 2 N–H and O–H groups in total. The van der Waals surface area contributed by atoms with Gasteiger partial charge in [-0.05, 0) is 23.8 Å². The highest BCUT2D eigenvalue weighted by Gasteiger charge is 2.13. The first-order valence-corrected chi connectivity index (χ1v) is 7.19. The van der Waals surface area contributed by atoms with E-state index in [4.69, 9.17) is 9.47 Å². The molecule has 0 amide bonds. The van der Waals surface area contributed by atoms with Crippen molar-refractivity contribution in [1.29, 1.82) is 0 Å². The van der Waals surface area contributed by atoms with Gasteiger partial charge >= 0.3 is 0 Å². The van der Waals surface area contributed by atoms with Gasteiger partial charge in [-0.15, -0.1) is 0 Å². The van der Waals surface area contributed by atoms with Crippen molar-refractivity contribution < 1.29 is 14.6 Å². The Morgan fingerprint density at radius 1 is 0.952 bits per heavy atom. The molecule has 0 atom stereocenters. The number of aromatic hydroxyl groups is 1. The van der Waals surface area contributed by atoms with Crippen molar-refractivity contribution in [3.8, 4) is 17.2 Å². The highest BCUT2D eigenvalue weighted by Crippen LogP contribution is 2.33. The topological polar surface area (TPSA) is 50.7 Å². The van der Waals surface area contributed by atoms with Crippen LogP contribution in [0.3, 0.4) is 0 Å². The summed E-state index contributed by atoms with van der Waals surface area (Å²) in [5.74, 6) is 1.97. The van der Waals surface area contributed by atoms with Crippen LogP contribution in [0.4, 0.5) is 0 Å². The SMILES string of the molecule is Oc1ccc(CNCc2cccc3c2OCCCO3)cc1. The zero-order valence-electron chi connectivity index (χ0n) is 11.8. The van der Waals surface area contributed by atoms with Gasteiger partial charge in [0.2, 0.25) is 0 Å². The summed E-state index contributed by atoms with van der Waals surface area (Å²) in [6.45, 7) is 2.86. The number of phenolic OH excluding ortho intramolecular Hbond substituents is 1. The van der Waals surface area contributed by atoms with Crippen LogP contribution in [0.15, 0.2) is 42.5 Å². The third-order valence-corrected chi connectivity index (χ3v) is 3.43. The third kappa shape index (κ3) is 3.47. The zero-order chi connectivity index (χ0) is 14.5. The minimum Gasteiger partial charge on any atom is -0.508 e. The van der Waals surface area contributed by atoms with Gasteiger partial charge in [-0.1, -0.05) is 24.3 Å². The fraction of sp³-hybridized carbons (Fsp3) is 0.294. The first-order valence-electron chi connectivity index (χ1n) is 7.19. The second kappa shape index (κ2) is 6.50. The molecule has 0 spiro atoms. The van der Waals surface area contributed by atoms with E-state index in [9.17, 15) is 5.11 Å². The molecule has 2 aromatic carbocycles. The van der Waals surface area contributed by atoms with Crippen molar-refractivity contribution in [1.82, 2.24) is 5.32 Å². The number of para-hydroxylation sites is 1. The van der Waals surface area contributed by atoms with Crippen LogP contribution in [0, 0.1) is 0 Å². The molecule has 0 aliphatic carbocycles. The van der Waals surface area contributed by atoms with E-state index < -0.39 is 0 Å². The van der Waals surface area contributed by atoms with E-state index in [-0.39, 0.29) is 5.75 Å². The van der Waals surface area contributed by atoms with Gasteiger partial charge in [0.05, 0.1) is 13.2 Å². The average Bonchev–Trinajstić information content (AvgIpc) is 2.75. The molecule has 0 bridgehead atoms. The first-order chi connectivity index (χ1) is 10.3. The van der Waals surface area contributed by atoms with Crippen LogP contribution >= 0.6 is 0 Å². The van der Waals surface area contributed by atoms with E-state index in [0.717, 1.165) is 35.6 Å². The fourth-order valence-electron chi connectivity index (χ4n) is 2.35. The summed E-state index contributed by atoms with van der Waals surface area (Å²) in [4.78, 5) is 0. The van der Waals surface area contributed by atoms with Crippen LogP contribution in [0.1, 0.15) is 17.5 Å². The number of rotatable bonds is 4. The lowest BCUT2D eigenvalue weighted by atomic mass is 10.1. The van der Waals surface area contributed by atoms with Crippen molar-refractivity contribution in [2.75, 3.05) is 13.2 Å². The minimum atomic E-state index is 0.290. The predicted molar refractivity (Wildman–Crippen MR) is 80.7 cm³/mol. The van der Waals surface area contributed by atoms with Gasteiger partial charge in [0, 0.05) is 25.1 Å². The van der Waals surface area contributed by atoms with E-state index >= 15 is 0 Å². The molecule has 110 valence electrons. The summed E-state index contributed by atoms with van der Waals surface area (Å²) in [6, 6.07) is 13.2. The third-order valence-electron chi connectivity index (χ3n) is 3.43. The molecular formula is C17H19NO3. The number of hydrogen-bond acceptors (Lipinski definition) is 4. The van der Waals surface area contributed by atoms with Gasteiger partial charge in [0.1, 0.15) is 5.75 Å². The molecule has 0 radical (unpaired) electrons. The van der Waals surface area contributed by atoms with E-state index in [0.29, 0.717) is 19.8 Å². The number of phenols is 1. The first kappa shape index (κ1) is 13.8. The lowest BCUT2D eigenvalue weighted by molar-refractivity contribution is 0.296. The Bertz CT molecular complexity index is 595. The molecule has 1 heterocycles. The van der Waals surface area contributed by atoms with Crippen LogP contribution in [0.25, 0.3) is 0 Å². The van der Waals surface area contributed by atoms with Crippen molar-refractivity contribution in [2.24, 2.45) is 0 Å². The van der Waals surface area contributed by atoms with Crippen molar-refractivity contribution >= 4 is 0 Å². The van der Waals surface area contributed by atoms with Crippen LogP contribution < -0.4 is 14.8 Å². The Labute approximate surface area is 124 Å². The molecular weight excluding hydrogens is 266 g/mol. The number of nitrogens with one attached hydrogen (secondary N) is 1. The fourth-order valence-corrected chi connectivity index (χ4v) is 2.35. The maximum absolute atomic E-state index is 9.27. The molecule has 0 aromatic heterocycles. The number of fused-ring (bicyclic) bond motifs is 1. The Kier molecular flexibility index (Phi) is 4.26. The zero-order valence-corrected chi connectivity index (χ0v) is 11.8. The Morgan fingerprint density at radius 3 is 2.62 bits per heavy atom. The summed E-state index contributed by atoms with van der Waals surface area (Å²) >= 11 is 0. The summed E-state index contributed by atoms with van der Waals surface area (Å²) in [5, 5.41) is 12.7. The normalized spacial score (nSPS) is 13.7. The van der Waals surface area contributed by atoms with Crippen LogP contribution in [0.2, 0.25) is 0 Å². The van der Waals surface area contributed by atoms with Gasteiger partial charge in [-0.25, -0.2) is 0 Å². The van der Waals surface area contributed by atoms with Crippen LogP contribution in [0.5, 0.6) is 17.2 Å². The van der Waals surface area contributed by atoms with Gasteiger partial charge in [-0.2, -0.15) is 0 Å². The second-order valence-electron chi connectivity index (χ2n) is 5.06. The smallest absolute Gasteiger partial charge is 0.165 e. The summed E-state index contributed by atoms with van der Waals surface area (Å²) in [7, 11) is 0. The van der Waals surface area contributed by atoms with Gasteiger partial charge in [-0.3, -0.25) is 0 Å². The van der Waals surface area contributed by atoms with E-state index in [2.05, 4.69) is 11.4 Å². The summed E-state index contributed by atoms with van der Waals surface area (Å²) < 4.78 is 11.5. The molecule has 0 saturated heterocycles. The molecule has 1 aliphatic heterocycles. The lowest BCUT2D eigenvalue weighted by Gasteiger charge is -2.13. The maximum atomic E-state index is 9.27. The summed E-state index contributed by atoms with van der Waals surface area (Å²) in [5.41, 5.74) is 2.24. The highest BCUT2D eigenvalue weighted by molar-refractivity contribution is 5.47. The quantitative estimate of drug-likeness (QED) is 0.907. The lowest BCUT2D eigenvalue weighted by Crippen LogP contribution is -2.13. The molecule has 2 aromatic rings. The molecule has 21 heavy (non-hydrogen) atoms. The van der Waals surface area contributed by atoms with E-state index in [1.54, 1.807) is 12.1 Å². The number of hydrogen-bond donors (Lipinski definition) is 2. The van der Waals surface area contributed by atoms with Crippen molar-refractivity contribution in [2.45, 2.75) is 19.5 Å². The molecule has 0 saturated carbocycles. The Morgan fingerprint density at radius 2 is 1.76 bits per heavy atom. The average molecular weight is 285 g/mol. The van der Waals surface area contributed by atoms with Gasteiger partial charge in [0.15, 0.2) is 11.5 Å². The molecule has 1 aliphatic rings. The monoisotopic (exact) mass is 285 g/mol. The number of benzene rings is 2. The van der Waals surface area contributed by atoms with Gasteiger partial charge < -0.3 is 19.9 Å². The molecule has 0 fully saturated rings. The summed E-state index contributed by atoms with van der Waals surface area (Å²) in [6.07, 6.45) is 0.912. The Hall–Kier alpha value is -2.20. The molecule has 4 nitrogen and oxygen atoms in total. The molecule has 0 unspecified atom stereocenters. The van der Waals surface area contributed by atoms with E-state index in [1.807, 2.05) is 24.3 Å². The largest absolute Gasteiger partial charge is 0.508 e.